The van der Waals surface area contributed by atoms with Gasteiger partial charge < -0.3 is 10.1 Å². The van der Waals surface area contributed by atoms with E-state index in [-0.39, 0.29) is 0 Å². The molecule has 0 aliphatic heterocycles. The molecule has 0 bridgehead atoms. The second-order valence-electron chi connectivity index (χ2n) is 4.37. The maximum atomic E-state index is 5.73. The molecule has 2 nitrogen and oxygen atoms in total. The third kappa shape index (κ3) is 4.04. The standard InChI is InChI=1S/C15H25NO/c1-5-8-14(16-6-2)13-11-12(4)9-10-15(13)17-7-3/h9-11,14,16H,5-8H2,1-4H3. The fraction of sp³-hybridized carbons (Fsp3) is 0.600. The van der Waals surface area contributed by atoms with Gasteiger partial charge in [0.15, 0.2) is 0 Å². The molecule has 1 rings (SSSR count). The molecule has 2 heteroatoms. The fourth-order valence-corrected chi connectivity index (χ4v) is 2.13. The highest BCUT2D eigenvalue weighted by Crippen LogP contribution is 2.29. The first kappa shape index (κ1) is 14.0. The van der Waals surface area contributed by atoms with Crippen molar-refractivity contribution in [3.8, 4) is 5.75 Å². The van der Waals surface area contributed by atoms with Gasteiger partial charge in [-0.15, -0.1) is 0 Å². The van der Waals surface area contributed by atoms with Crippen molar-refractivity contribution >= 4 is 0 Å². The van der Waals surface area contributed by atoms with Gasteiger partial charge in [-0.1, -0.05) is 38.0 Å². The molecule has 0 amide bonds. The molecule has 1 N–H and O–H groups in total. The fourth-order valence-electron chi connectivity index (χ4n) is 2.13. The van der Waals surface area contributed by atoms with E-state index in [0.29, 0.717) is 6.04 Å². The van der Waals surface area contributed by atoms with Crippen molar-refractivity contribution in [3.05, 3.63) is 29.3 Å². The molecule has 96 valence electrons. The second-order valence-corrected chi connectivity index (χ2v) is 4.37. The van der Waals surface area contributed by atoms with Crippen LogP contribution in [0.4, 0.5) is 0 Å². The Morgan fingerprint density at radius 1 is 1.24 bits per heavy atom. The third-order valence-corrected chi connectivity index (χ3v) is 2.87. The largest absolute Gasteiger partial charge is 0.494 e. The summed E-state index contributed by atoms with van der Waals surface area (Å²) in [6.07, 6.45) is 2.33. The maximum Gasteiger partial charge on any atom is 0.124 e. The molecular weight excluding hydrogens is 210 g/mol. The summed E-state index contributed by atoms with van der Waals surface area (Å²) in [6, 6.07) is 6.86. The zero-order valence-corrected chi connectivity index (χ0v) is 11.5. The van der Waals surface area contributed by atoms with Gasteiger partial charge in [-0.25, -0.2) is 0 Å². The SMILES string of the molecule is CCCC(NCC)c1cc(C)ccc1OCC. The molecule has 1 aromatic carbocycles. The highest BCUT2D eigenvalue weighted by atomic mass is 16.5. The van der Waals surface area contributed by atoms with Crippen molar-refractivity contribution < 1.29 is 4.74 Å². The highest BCUT2D eigenvalue weighted by molar-refractivity contribution is 5.39. The van der Waals surface area contributed by atoms with Crippen molar-refractivity contribution in [2.24, 2.45) is 0 Å². The molecule has 0 fully saturated rings. The lowest BCUT2D eigenvalue weighted by Crippen LogP contribution is -2.21. The summed E-state index contributed by atoms with van der Waals surface area (Å²) < 4.78 is 5.73. The first-order chi connectivity index (χ1) is 8.22. The zero-order chi connectivity index (χ0) is 12.7. The molecule has 0 heterocycles. The smallest absolute Gasteiger partial charge is 0.124 e. The van der Waals surface area contributed by atoms with Crippen LogP contribution in [0.5, 0.6) is 5.75 Å². The summed E-state index contributed by atoms with van der Waals surface area (Å²) in [5.74, 6) is 1.03. The zero-order valence-electron chi connectivity index (χ0n) is 11.5. The number of hydrogen-bond acceptors (Lipinski definition) is 2. The summed E-state index contributed by atoms with van der Waals surface area (Å²) in [4.78, 5) is 0. The van der Waals surface area contributed by atoms with E-state index >= 15 is 0 Å². The monoisotopic (exact) mass is 235 g/mol. The van der Waals surface area contributed by atoms with E-state index in [2.05, 4.69) is 44.3 Å². The lowest BCUT2D eigenvalue weighted by molar-refractivity contribution is 0.330. The van der Waals surface area contributed by atoms with Gasteiger partial charge in [0.25, 0.3) is 0 Å². The van der Waals surface area contributed by atoms with Crippen LogP contribution in [-0.2, 0) is 0 Å². The lowest BCUT2D eigenvalue weighted by atomic mass is 9.99. The van der Waals surface area contributed by atoms with Gasteiger partial charge in [-0.3, -0.25) is 0 Å². The van der Waals surface area contributed by atoms with Crippen LogP contribution in [0.3, 0.4) is 0 Å². The maximum absolute atomic E-state index is 5.73. The molecule has 0 spiro atoms. The Balaban J connectivity index is 3.00. The van der Waals surface area contributed by atoms with E-state index in [9.17, 15) is 0 Å². The molecule has 0 radical (unpaired) electrons. The molecular formula is C15H25NO. The van der Waals surface area contributed by atoms with Crippen molar-refractivity contribution in [1.82, 2.24) is 5.32 Å². The van der Waals surface area contributed by atoms with Crippen molar-refractivity contribution in [3.63, 3.8) is 0 Å². The molecule has 0 aromatic heterocycles. The van der Waals surface area contributed by atoms with Crippen molar-refractivity contribution in [2.75, 3.05) is 13.2 Å². The van der Waals surface area contributed by atoms with Gasteiger partial charge in [-0.05, 0) is 32.9 Å². The van der Waals surface area contributed by atoms with Gasteiger partial charge in [-0.2, -0.15) is 0 Å². The predicted molar refractivity (Wildman–Crippen MR) is 73.7 cm³/mol. The number of ether oxygens (including phenoxy) is 1. The average Bonchev–Trinajstić information content (AvgIpc) is 2.31. The summed E-state index contributed by atoms with van der Waals surface area (Å²) >= 11 is 0. The molecule has 0 aliphatic carbocycles. The normalized spacial score (nSPS) is 12.5. The summed E-state index contributed by atoms with van der Waals surface area (Å²) in [6.45, 7) is 10.3. The number of nitrogens with one attached hydrogen (secondary N) is 1. The number of aryl methyl sites for hydroxylation is 1. The topological polar surface area (TPSA) is 21.3 Å². The number of rotatable bonds is 7. The number of benzene rings is 1. The number of hydrogen-bond donors (Lipinski definition) is 1. The molecule has 0 aliphatic rings. The summed E-state index contributed by atoms with van der Waals surface area (Å²) in [5, 5.41) is 3.55. The third-order valence-electron chi connectivity index (χ3n) is 2.87. The Labute approximate surface area is 105 Å². The Morgan fingerprint density at radius 2 is 2.00 bits per heavy atom. The Hall–Kier alpha value is -1.02. The summed E-state index contributed by atoms with van der Waals surface area (Å²) in [7, 11) is 0. The molecule has 0 saturated heterocycles. The minimum atomic E-state index is 0.409. The molecule has 0 saturated carbocycles. The lowest BCUT2D eigenvalue weighted by Gasteiger charge is -2.21. The van der Waals surface area contributed by atoms with E-state index in [4.69, 9.17) is 4.74 Å². The quantitative estimate of drug-likeness (QED) is 0.775. The van der Waals surface area contributed by atoms with Crippen LogP contribution in [0, 0.1) is 6.92 Å². The van der Waals surface area contributed by atoms with Gasteiger partial charge in [0.1, 0.15) is 5.75 Å². The first-order valence-electron chi connectivity index (χ1n) is 6.69. The Kier molecular flexibility index (Phi) is 6.06. The highest BCUT2D eigenvalue weighted by Gasteiger charge is 2.14. The predicted octanol–water partition coefficient (Wildman–Crippen LogP) is 3.84. The van der Waals surface area contributed by atoms with E-state index < -0.39 is 0 Å². The van der Waals surface area contributed by atoms with Crippen LogP contribution in [0.25, 0.3) is 0 Å². The summed E-state index contributed by atoms with van der Waals surface area (Å²) in [5.41, 5.74) is 2.60. The van der Waals surface area contributed by atoms with Crippen LogP contribution in [0.2, 0.25) is 0 Å². The minimum absolute atomic E-state index is 0.409. The first-order valence-corrected chi connectivity index (χ1v) is 6.69. The minimum Gasteiger partial charge on any atom is -0.494 e. The van der Waals surface area contributed by atoms with Crippen LogP contribution >= 0.6 is 0 Å². The van der Waals surface area contributed by atoms with E-state index in [1.807, 2.05) is 6.92 Å². The van der Waals surface area contributed by atoms with Gasteiger partial charge in [0.2, 0.25) is 0 Å². The van der Waals surface area contributed by atoms with Crippen LogP contribution < -0.4 is 10.1 Å². The van der Waals surface area contributed by atoms with Crippen LogP contribution in [0.1, 0.15) is 50.8 Å². The van der Waals surface area contributed by atoms with E-state index in [1.165, 1.54) is 17.5 Å². The Morgan fingerprint density at radius 3 is 2.59 bits per heavy atom. The molecule has 17 heavy (non-hydrogen) atoms. The second kappa shape index (κ2) is 7.33. The molecule has 1 aromatic rings. The van der Waals surface area contributed by atoms with Crippen LogP contribution in [-0.4, -0.2) is 13.2 Å². The van der Waals surface area contributed by atoms with E-state index in [0.717, 1.165) is 25.3 Å². The van der Waals surface area contributed by atoms with Crippen molar-refractivity contribution in [2.45, 2.75) is 46.6 Å². The van der Waals surface area contributed by atoms with Crippen LogP contribution in [0.15, 0.2) is 18.2 Å². The van der Waals surface area contributed by atoms with E-state index in [1.54, 1.807) is 0 Å². The van der Waals surface area contributed by atoms with Gasteiger partial charge in [0.05, 0.1) is 6.61 Å². The Bertz CT molecular complexity index is 330. The average molecular weight is 235 g/mol. The van der Waals surface area contributed by atoms with Gasteiger partial charge >= 0.3 is 0 Å². The molecule has 1 unspecified atom stereocenters. The van der Waals surface area contributed by atoms with Gasteiger partial charge in [0, 0.05) is 11.6 Å². The molecule has 1 atom stereocenters. The van der Waals surface area contributed by atoms with Crippen molar-refractivity contribution in [1.29, 1.82) is 0 Å².